The zero-order chi connectivity index (χ0) is 16.4. The van der Waals surface area contributed by atoms with Crippen LogP contribution in [0.15, 0.2) is 24.3 Å². The minimum atomic E-state index is -0.171. The van der Waals surface area contributed by atoms with Crippen LogP contribution in [0.1, 0.15) is 29.3 Å². The van der Waals surface area contributed by atoms with Crippen molar-refractivity contribution in [1.82, 2.24) is 19.7 Å². The van der Waals surface area contributed by atoms with Gasteiger partial charge in [-0.2, -0.15) is 0 Å². The molecule has 1 N–H and O–H groups in total. The number of piperidine rings is 1. The Morgan fingerprint density at radius 3 is 2.70 bits per heavy atom. The summed E-state index contributed by atoms with van der Waals surface area (Å²) in [6, 6.07) is 7.32. The number of nitrogens with zero attached hydrogens (tertiary/aromatic N) is 4. The summed E-state index contributed by atoms with van der Waals surface area (Å²) in [5.74, 6) is 0.918. The van der Waals surface area contributed by atoms with E-state index in [1.807, 2.05) is 18.2 Å². The van der Waals surface area contributed by atoms with E-state index in [9.17, 15) is 9.90 Å². The number of carbonyl (C=O) groups excluding carboxylic acids is 1. The Kier molecular flexibility index (Phi) is 4.63. The molecule has 0 unspecified atom stereocenters. The second kappa shape index (κ2) is 6.68. The maximum atomic E-state index is 12.6. The monoisotopic (exact) mass is 334 g/mol. The lowest BCUT2D eigenvalue weighted by molar-refractivity contribution is 0.0639. The number of likely N-dealkylation sites (tertiary alicyclic amines) is 1. The van der Waals surface area contributed by atoms with Gasteiger partial charge < -0.3 is 10.0 Å². The van der Waals surface area contributed by atoms with Crippen LogP contribution in [-0.4, -0.2) is 50.4 Å². The summed E-state index contributed by atoms with van der Waals surface area (Å²) in [7, 11) is 0. The van der Waals surface area contributed by atoms with Gasteiger partial charge in [0.2, 0.25) is 5.82 Å². The van der Waals surface area contributed by atoms with Crippen molar-refractivity contribution >= 4 is 17.5 Å². The molecule has 1 amide bonds. The molecule has 0 saturated carbocycles. The van der Waals surface area contributed by atoms with E-state index >= 15 is 0 Å². The second-order valence-corrected chi connectivity index (χ2v) is 6.17. The first-order valence-electron chi connectivity index (χ1n) is 7.69. The van der Waals surface area contributed by atoms with Crippen LogP contribution in [0.2, 0.25) is 5.02 Å². The fourth-order valence-electron chi connectivity index (χ4n) is 2.79. The highest BCUT2D eigenvalue weighted by Gasteiger charge is 2.26. The minimum Gasteiger partial charge on any atom is -0.396 e. The third-order valence-electron chi connectivity index (χ3n) is 4.20. The summed E-state index contributed by atoms with van der Waals surface area (Å²) in [5, 5.41) is 14.1. The SMILES string of the molecule is Cc1nc(C(=O)N2CCC(CO)CC2)nn1-c1ccccc1Cl. The van der Waals surface area contributed by atoms with Gasteiger partial charge >= 0.3 is 0 Å². The first-order valence-corrected chi connectivity index (χ1v) is 8.06. The summed E-state index contributed by atoms with van der Waals surface area (Å²) in [6.07, 6.45) is 1.62. The lowest BCUT2D eigenvalue weighted by Crippen LogP contribution is -2.39. The highest BCUT2D eigenvalue weighted by molar-refractivity contribution is 6.32. The third-order valence-corrected chi connectivity index (χ3v) is 4.52. The summed E-state index contributed by atoms with van der Waals surface area (Å²) in [5.41, 5.74) is 0.706. The number of benzene rings is 1. The highest BCUT2D eigenvalue weighted by Crippen LogP contribution is 2.21. The molecule has 3 rings (SSSR count). The van der Waals surface area contributed by atoms with Crippen molar-refractivity contribution in [3.63, 3.8) is 0 Å². The van der Waals surface area contributed by atoms with Crippen LogP contribution in [0.25, 0.3) is 5.69 Å². The lowest BCUT2D eigenvalue weighted by Gasteiger charge is -2.30. The molecule has 2 aromatic rings. The van der Waals surface area contributed by atoms with Gasteiger partial charge in [0.1, 0.15) is 5.82 Å². The molecule has 1 saturated heterocycles. The van der Waals surface area contributed by atoms with Crippen LogP contribution in [-0.2, 0) is 0 Å². The van der Waals surface area contributed by atoms with Crippen molar-refractivity contribution in [1.29, 1.82) is 0 Å². The summed E-state index contributed by atoms with van der Waals surface area (Å²) < 4.78 is 1.59. The number of aryl methyl sites for hydroxylation is 1. The van der Waals surface area contributed by atoms with Gasteiger partial charge in [-0.25, -0.2) is 9.67 Å². The molecule has 0 spiro atoms. The Labute approximate surface area is 139 Å². The van der Waals surface area contributed by atoms with Crippen LogP contribution in [0.5, 0.6) is 0 Å². The van der Waals surface area contributed by atoms with E-state index in [1.165, 1.54) is 0 Å². The largest absolute Gasteiger partial charge is 0.396 e. The maximum absolute atomic E-state index is 12.6. The zero-order valence-electron chi connectivity index (χ0n) is 12.9. The molecule has 1 fully saturated rings. The van der Waals surface area contributed by atoms with E-state index in [0.717, 1.165) is 12.8 Å². The maximum Gasteiger partial charge on any atom is 0.293 e. The Bertz CT molecular complexity index is 708. The topological polar surface area (TPSA) is 71.2 Å². The lowest BCUT2D eigenvalue weighted by atomic mass is 9.98. The number of aliphatic hydroxyl groups excluding tert-OH is 1. The molecule has 2 heterocycles. The Hall–Kier alpha value is -1.92. The molecule has 23 heavy (non-hydrogen) atoms. The van der Waals surface area contributed by atoms with Gasteiger partial charge in [0, 0.05) is 19.7 Å². The van der Waals surface area contributed by atoms with Gasteiger partial charge in [0.15, 0.2) is 0 Å². The van der Waals surface area contributed by atoms with Crippen LogP contribution >= 0.6 is 11.6 Å². The molecule has 1 aliphatic rings. The highest BCUT2D eigenvalue weighted by atomic mass is 35.5. The van der Waals surface area contributed by atoms with Crippen molar-refractivity contribution in [2.75, 3.05) is 19.7 Å². The molecule has 122 valence electrons. The minimum absolute atomic E-state index is 0.171. The predicted molar refractivity (Wildman–Crippen MR) is 86.8 cm³/mol. The van der Waals surface area contributed by atoms with E-state index in [2.05, 4.69) is 10.1 Å². The Balaban J connectivity index is 1.81. The number of hydrogen-bond donors (Lipinski definition) is 1. The second-order valence-electron chi connectivity index (χ2n) is 5.76. The number of amides is 1. The van der Waals surface area contributed by atoms with Crippen LogP contribution in [0, 0.1) is 12.8 Å². The van der Waals surface area contributed by atoms with Gasteiger partial charge in [-0.3, -0.25) is 4.79 Å². The van der Waals surface area contributed by atoms with Gasteiger partial charge in [-0.15, -0.1) is 5.10 Å². The molecular weight excluding hydrogens is 316 g/mol. The number of halogens is 1. The smallest absolute Gasteiger partial charge is 0.293 e. The third kappa shape index (κ3) is 3.23. The van der Waals surface area contributed by atoms with Crippen LogP contribution in [0.3, 0.4) is 0 Å². The molecule has 0 aliphatic carbocycles. The normalized spacial score (nSPS) is 15.9. The summed E-state index contributed by atoms with van der Waals surface area (Å²) in [6.45, 7) is 3.24. The summed E-state index contributed by atoms with van der Waals surface area (Å²) in [4.78, 5) is 18.6. The van der Waals surface area contributed by atoms with Gasteiger partial charge in [0.25, 0.3) is 5.91 Å². The van der Waals surface area contributed by atoms with Crippen molar-refractivity contribution in [2.24, 2.45) is 5.92 Å². The van der Waals surface area contributed by atoms with E-state index in [0.29, 0.717) is 29.6 Å². The van der Waals surface area contributed by atoms with Crippen molar-refractivity contribution < 1.29 is 9.90 Å². The number of carbonyl (C=O) groups is 1. The van der Waals surface area contributed by atoms with E-state index in [-0.39, 0.29) is 24.3 Å². The standard InChI is InChI=1S/C16H19ClN4O2/c1-11-18-15(16(23)20-8-6-12(10-22)7-9-20)19-21(11)14-5-3-2-4-13(14)17/h2-5,12,22H,6-10H2,1H3. The molecular formula is C16H19ClN4O2. The molecule has 0 radical (unpaired) electrons. The number of para-hydroxylation sites is 1. The van der Waals surface area contributed by atoms with E-state index in [1.54, 1.807) is 22.6 Å². The Morgan fingerprint density at radius 1 is 1.35 bits per heavy atom. The van der Waals surface area contributed by atoms with Crippen molar-refractivity contribution in [3.8, 4) is 5.69 Å². The molecule has 1 aromatic carbocycles. The van der Waals surface area contributed by atoms with Gasteiger partial charge in [-0.1, -0.05) is 23.7 Å². The molecule has 7 heteroatoms. The number of aliphatic hydroxyl groups is 1. The predicted octanol–water partition coefficient (Wildman–Crippen LogP) is 2.07. The number of hydrogen-bond acceptors (Lipinski definition) is 4. The molecule has 0 atom stereocenters. The average Bonchev–Trinajstić information content (AvgIpc) is 2.96. The first kappa shape index (κ1) is 16.0. The summed E-state index contributed by atoms with van der Waals surface area (Å²) >= 11 is 6.19. The fourth-order valence-corrected chi connectivity index (χ4v) is 3.01. The average molecular weight is 335 g/mol. The van der Waals surface area contributed by atoms with E-state index in [4.69, 9.17) is 11.6 Å². The zero-order valence-corrected chi connectivity index (χ0v) is 13.7. The first-order chi connectivity index (χ1) is 11.1. The van der Waals surface area contributed by atoms with Gasteiger partial charge in [0.05, 0.1) is 10.7 Å². The number of rotatable bonds is 3. The molecule has 1 aromatic heterocycles. The Morgan fingerprint density at radius 2 is 2.04 bits per heavy atom. The van der Waals surface area contributed by atoms with E-state index < -0.39 is 0 Å². The van der Waals surface area contributed by atoms with Gasteiger partial charge in [-0.05, 0) is 37.8 Å². The number of aromatic nitrogens is 3. The van der Waals surface area contributed by atoms with Crippen molar-refractivity contribution in [3.05, 3.63) is 40.9 Å². The quantitative estimate of drug-likeness (QED) is 0.932. The van der Waals surface area contributed by atoms with Crippen LogP contribution < -0.4 is 0 Å². The fraction of sp³-hybridized carbons (Fsp3) is 0.438. The van der Waals surface area contributed by atoms with Crippen molar-refractivity contribution in [2.45, 2.75) is 19.8 Å². The molecule has 6 nitrogen and oxygen atoms in total. The molecule has 0 bridgehead atoms. The molecule has 1 aliphatic heterocycles. The van der Waals surface area contributed by atoms with Crippen LogP contribution in [0.4, 0.5) is 0 Å².